The first-order valence-corrected chi connectivity index (χ1v) is 4.92. The van der Waals surface area contributed by atoms with Crippen molar-refractivity contribution < 1.29 is 4.79 Å². The Morgan fingerprint density at radius 3 is 2.71 bits per heavy atom. The van der Waals surface area contributed by atoms with Crippen LogP contribution in [0.5, 0.6) is 0 Å². The molecule has 0 bridgehead atoms. The highest BCUT2D eigenvalue weighted by atomic mass is 16.1. The lowest BCUT2D eigenvalue weighted by Crippen LogP contribution is -2.42. The number of Topliss-reactive ketones (excluding diaryl/α,β-unsaturated/α-hetero) is 1. The average Bonchev–Trinajstić information content (AvgIpc) is 2.14. The van der Waals surface area contributed by atoms with Crippen LogP contribution in [0.3, 0.4) is 0 Å². The number of rotatable bonds is 0. The smallest absolute Gasteiger partial charge is 0.179 e. The van der Waals surface area contributed by atoms with Crippen LogP contribution in [0.2, 0.25) is 0 Å². The van der Waals surface area contributed by atoms with E-state index in [1.54, 1.807) is 0 Å². The number of hydrogen-bond acceptors (Lipinski definition) is 2. The molecule has 0 saturated carbocycles. The molecular weight excluding hydrogens is 174 g/mol. The molecule has 1 aromatic rings. The summed E-state index contributed by atoms with van der Waals surface area (Å²) in [5, 5.41) is 0. The first kappa shape index (κ1) is 9.41. The Labute approximate surface area is 84.1 Å². The predicted octanol–water partition coefficient (Wildman–Crippen LogP) is 1.88. The van der Waals surface area contributed by atoms with Gasteiger partial charge in [-0.3, -0.25) is 4.79 Å². The Kier molecular flexibility index (Phi) is 1.96. The van der Waals surface area contributed by atoms with Crippen LogP contribution < -0.4 is 5.73 Å². The topological polar surface area (TPSA) is 43.1 Å². The lowest BCUT2D eigenvalue weighted by atomic mass is 9.70. The van der Waals surface area contributed by atoms with Crippen LogP contribution in [-0.4, -0.2) is 11.8 Å². The van der Waals surface area contributed by atoms with Crippen molar-refractivity contribution in [3.8, 4) is 0 Å². The molecule has 0 radical (unpaired) electrons. The second-order valence-corrected chi connectivity index (χ2v) is 4.60. The number of fused-ring (bicyclic) bond motifs is 1. The molecule has 2 rings (SSSR count). The number of benzene rings is 1. The molecule has 0 heterocycles. The zero-order chi connectivity index (χ0) is 10.3. The van der Waals surface area contributed by atoms with Crippen molar-refractivity contribution in [1.29, 1.82) is 0 Å². The molecule has 2 nitrogen and oxygen atoms in total. The Balaban J connectivity index is 2.62. The molecule has 0 unspecified atom stereocenters. The van der Waals surface area contributed by atoms with Gasteiger partial charge >= 0.3 is 0 Å². The fraction of sp³-hybridized carbons (Fsp3) is 0.417. The number of hydrogen-bond donors (Lipinski definition) is 1. The normalized spacial score (nSPS) is 24.5. The molecule has 0 spiro atoms. The van der Waals surface area contributed by atoms with E-state index in [1.807, 2.05) is 24.3 Å². The fourth-order valence-electron chi connectivity index (χ4n) is 2.24. The van der Waals surface area contributed by atoms with Crippen molar-refractivity contribution in [2.45, 2.75) is 31.7 Å². The van der Waals surface area contributed by atoms with Gasteiger partial charge in [0.1, 0.15) is 0 Å². The molecule has 1 aromatic carbocycles. The van der Waals surface area contributed by atoms with Gasteiger partial charge in [-0.25, -0.2) is 0 Å². The van der Waals surface area contributed by atoms with Gasteiger partial charge in [-0.15, -0.1) is 0 Å². The Morgan fingerprint density at radius 2 is 2.00 bits per heavy atom. The summed E-state index contributed by atoms with van der Waals surface area (Å²) in [6, 6.07) is 7.44. The summed E-state index contributed by atoms with van der Waals surface area (Å²) in [6.07, 6.45) is 0.739. The summed E-state index contributed by atoms with van der Waals surface area (Å²) in [6.45, 7) is 4.27. The molecular formula is C12H15NO. The van der Waals surface area contributed by atoms with E-state index in [0.29, 0.717) is 0 Å². The molecule has 74 valence electrons. The van der Waals surface area contributed by atoms with Crippen LogP contribution >= 0.6 is 0 Å². The van der Waals surface area contributed by atoms with Crippen molar-refractivity contribution in [3.05, 3.63) is 35.4 Å². The summed E-state index contributed by atoms with van der Waals surface area (Å²) in [4.78, 5) is 11.8. The molecule has 2 heteroatoms. The monoisotopic (exact) mass is 189 g/mol. The van der Waals surface area contributed by atoms with Crippen molar-refractivity contribution in [2.75, 3.05) is 0 Å². The van der Waals surface area contributed by atoms with Gasteiger partial charge in [0.05, 0.1) is 6.04 Å². The molecule has 1 atom stereocenters. The zero-order valence-corrected chi connectivity index (χ0v) is 8.58. The molecule has 0 fully saturated rings. The average molecular weight is 189 g/mol. The lowest BCUT2D eigenvalue weighted by molar-refractivity contribution is 0.0929. The van der Waals surface area contributed by atoms with Crippen LogP contribution in [0, 0.1) is 0 Å². The molecule has 1 aliphatic rings. The van der Waals surface area contributed by atoms with Crippen LogP contribution in [0.4, 0.5) is 0 Å². The number of carbonyl (C=O) groups is 1. The summed E-state index contributed by atoms with van der Waals surface area (Å²) in [5.41, 5.74) is 7.77. The minimum atomic E-state index is -0.333. The Hall–Kier alpha value is -1.15. The highest BCUT2D eigenvalue weighted by Gasteiger charge is 2.35. The van der Waals surface area contributed by atoms with E-state index >= 15 is 0 Å². The summed E-state index contributed by atoms with van der Waals surface area (Å²) >= 11 is 0. The maximum atomic E-state index is 11.8. The molecule has 2 N–H and O–H groups in total. The second-order valence-electron chi connectivity index (χ2n) is 4.60. The fourth-order valence-corrected chi connectivity index (χ4v) is 2.24. The SMILES string of the molecule is CC1(C)C[C@H](N)C(=O)c2ccccc21. The lowest BCUT2D eigenvalue weighted by Gasteiger charge is -2.34. The van der Waals surface area contributed by atoms with Crippen LogP contribution in [-0.2, 0) is 5.41 Å². The largest absolute Gasteiger partial charge is 0.321 e. The van der Waals surface area contributed by atoms with Gasteiger partial charge in [0.25, 0.3) is 0 Å². The van der Waals surface area contributed by atoms with Crippen LogP contribution in [0.1, 0.15) is 36.2 Å². The first-order chi connectivity index (χ1) is 6.52. The van der Waals surface area contributed by atoms with E-state index < -0.39 is 0 Å². The Morgan fingerprint density at radius 1 is 1.36 bits per heavy atom. The molecule has 14 heavy (non-hydrogen) atoms. The van der Waals surface area contributed by atoms with E-state index in [9.17, 15) is 4.79 Å². The van der Waals surface area contributed by atoms with E-state index in [2.05, 4.69) is 13.8 Å². The van der Waals surface area contributed by atoms with E-state index in [-0.39, 0.29) is 17.2 Å². The number of nitrogens with two attached hydrogens (primary N) is 1. The standard InChI is InChI=1S/C12H15NO/c1-12(2)7-10(13)11(14)8-5-3-4-6-9(8)12/h3-6,10H,7,13H2,1-2H3/t10-/m0/s1. The van der Waals surface area contributed by atoms with Crippen LogP contribution in [0.25, 0.3) is 0 Å². The van der Waals surface area contributed by atoms with Gasteiger partial charge in [0.15, 0.2) is 5.78 Å². The summed E-state index contributed by atoms with van der Waals surface area (Å²) in [7, 11) is 0. The van der Waals surface area contributed by atoms with Gasteiger partial charge in [-0.1, -0.05) is 38.1 Å². The van der Waals surface area contributed by atoms with E-state index in [1.165, 1.54) is 0 Å². The summed E-state index contributed by atoms with van der Waals surface area (Å²) < 4.78 is 0. The predicted molar refractivity (Wildman–Crippen MR) is 56.4 cm³/mol. The van der Waals surface area contributed by atoms with Gasteiger partial charge in [-0.2, -0.15) is 0 Å². The van der Waals surface area contributed by atoms with Crippen molar-refractivity contribution in [3.63, 3.8) is 0 Å². The van der Waals surface area contributed by atoms with Gasteiger partial charge < -0.3 is 5.73 Å². The highest BCUT2D eigenvalue weighted by Crippen LogP contribution is 2.35. The maximum absolute atomic E-state index is 11.8. The van der Waals surface area contributed by atoms with E-state index in [4.69, 9.17) is 5.73 Å². The molecule has 0 aliphatic heterocycles. The second kappa shape index (κ2) is 2.92. The molecule has 0 amide bonds. The quantitative estimate of drug-likeness (QED) is 0.677. The summed E-state index contributed by atoms with van der Waals surface area (Å²) in [5.74, 6) is 0.0833. The van der Waals surface area contributed by atoms with Crippen molar-refractivity contribution in [2.24, 2.45) is 5.73 Å². The number of carbonyl (C=O) groups excluding carboxylic acids is 1. The highest BCUT2D eigenvalue weighted by molar-refractivity contribution is 6.02. The minimum Gasteiger partial charge on any atom is -0.321 e. The third-order valence-corrected chi connectivity index (χ3v) is 2.99. The van der Waals surface area contributed by atoms with Gasteiger partial charge in [-0.05, 0) is 17.4 Å². The zero-order valence-electron chi connectivity index (χ0n) is 8.58. The molecule has 1 aliphatic carbocycles. The Bertz CT molecular complexity index is 382. The minimum absolute atomic E-state index is 0.0178. The maximum Gasteiger partial charge on any atom is 0.179 e. The third kappa shape index (κ3) is 1.26. The third-order valence-electron chi connectivity index (χ3n) is 2.99. The number of ketones is 1. The van der Waals surface area contributed by atoms with Gasteiger partial charge in [0.2, 0.25) is 0 Å². The molecule has 0 saturated heterocycles. The van der Waals surface area contributed by atoms with Crippen LogP contribution in [0.15, 0.2) is 24.3 Å². The van der Waals surface area contributed by atoms with Gasteiger partial charge in [0, 0.05) is 5.56 Å². The van der Waals surface area contributed by atoms with Crippen molar-refractivity contribution >= 4 is 5.78 Å². The molecule has 0 aromatic heterocycles. The first-order valence-electron chi connectivity index (χ1n) is 4.92. The van der Waals surface area contributed by atoms with Crippen molar-refractivity contribution in [1.82, 2.24) is 0 Å². The van der Waals surface area contributed by atoms with E-state index in [0.717, 1.165) is 17.5 Å².